The van der Waals surface area contributed by atoms with Gasteiger partial charge in [-0.15, -0.1) is 0 Å². The quantitative estimate of drug-likeness (QED) is 0.637. The number of esters is 2. The lowest BCUT2D eigenvalue weighted by Crippen LogP contribution is -2.55. The number of nitrogens with zero attached hydrogens (tertiary/aromatic N) is 1. The number of ketones is 1. The number of aromatic nitrogens is 1. The van der Waals surface area contributed by atoms with Gasteiger partial charge in [0.05, 0.1) is 25.7 Å². The second-order valence-electron chi connectivity index (χ2n) is 5.81. The minimum atomic E-state index is -1.63. The topological polar surface area (TPSA) is 103 Å². The molecule has 0 saturated heterocycles. The molecule has 0 spiro atoms. The van der Waals surface area contributed by atoms with Crippen molar-refractivity contribution in [2.45, 2.75) is 24.9 Å². The fraction of sp³-hybridized carbons (Fsp3) is 0.500. The largest absolute Gasteiger partial charge is 0.469 e. The standard InChI is InChI=1S/C16H19NO6/c1-16(21)7-10(18)12(14(19)22-2)11(13(16)15(20)23-3)9-5-4-6-17-8-9/h4-6,8,11-13,21H,7H2,1-3H3/t11-,12-,13+,16+/m1/s1. The van der Waals surface area contributed by atoms with Crippen molar-refractivity contribution in [3.05, 3.63) is 30.1 Å². The van der Waals surface area contributed by atoms with Crippen molar-refractivity contribution in [2.24, 2.45) is 11.8 Å². The summed E-state index contributed by atoms with van der Waals surface area (Å²) in [5.74, 6) is -5.08. The minimum Gasteiger partial charge on any atom is -0.469 e. The van der Waals surface area contributed by atoms with Crippen molar-refractivity contribution in [1.29, 1.82) is 0 Å². The van der Waals surface area contributed by atoms with Gasteiger partial charge in [0, 0.05) is 24.7 Å². The van der Waals surface area contributed by atoms with E-state index < -0.39 is 41.1 Å². The van der Waals surface area contributed by atoms with E-state index >= 15 is 0 Å². The SMILES string of the molecule is COC(=O)[C@@H]1C(=O)C[C@](C)(O)[C@H](C(=O)OC)[C@@H]1c1cccnc1. The van der Waals surface area contributed by atoms with Crippen LogP contribution in [0.15, 0.2) is 24.5 Å². The molecule has 2 rings (SSSR count). The van der Waals surface area contributed by atoms with Crippen molar-refractivity contribution in [3.8, 4) is 0 Å². The molecule has 0 bridgehead atoms. The fourth-order valence-corrected chi connectivity index (χ4v) is 3.24. The van der Waals surface area contributed by atoms with Crippen LogP contribution in [0.4, 0.5) is 0 Å². The Kier molecular flexibility index (Phi) is 4.79. The molecular weight excluding hydrogens is 302 g/mol. The van der Waals surface area contributed by atoms with Crippen molar-refractivity contribution >= 4 is 17.7 Å². The highest BCUT2D eigenvalue weighted by Crippen LogP contribution is 2.46. The van der Waals surface area contributed by atoms with Gasteiger partial charge in [-0.2, -0.15) is 0 Å². The van der Waals surface area contributed by atoms with E-state index in [1.54, 1.807) is 12.1 Å². The zero-order chi connectivity index (χ0) is 17.2. The van der Waals surface area contributed by atoms with Crippen LogP contribution in [-0.2, 0) is 23.9 Å². The number of carbonyl (C=O) groups is 3. The predicted octanol–water partition coefficient (Wildman–Crippen LogP) is 0.467. The van der Waals surface area contributed by atoms with Crippen LogP contribution < -0.4 is 0 Å². The number of rotatable bonds is 3. The molecule has 1 heterocycles. The molecule has 1 fully saturated rings. The molecule has 0 amide bonds. The molecule has 1 aliphatic carbocycles. The number of hydrogen-bond acceptors (Lipinski definition) is 7. The Morgan fingerprint density at radius 3 is 2.48 bits per heavy atom. The lowest BCUT2D eigenvalue weighted by molar-refractivity contribution is -0.170. The number of aliphatic hydroxyl groups is 1. The second-order valence-corrected chi connectivity index (χ2v) is 5.81. The number of pyridine rings is 1. The average molecular weight is 321 g/mol. The molecule has 7 nitrogen and oxygen atoms in total. The average Bonchev–Trinajstić information content (AvgIpc) is 2.52. The van der Waals surface area contributed by atoms with Crippen LogP contribution in [0.5, 0.6) is 0 Å². The molecule has 0 aromatic carbocycles. The van der Waals surface area contributed by atoms with Crippen LogP contribution in [0.1, 0.15) is 24.8 Å². The monoisotopic (exact) mass is 321 g/mol. The Morgan fingerprint density at radius 1 is 1.30 bits per heavy atom. The summed E-state index contributed by atoms with van der Waals surface area (Å²) in [6, 6.07) is 3.28. The van der Waals surface area contributed by atoms with Gasteiger partial charge in [0.2, 0.25) is 0 Å². The Labute approximate surface area is 133 Å². The van der Waals surface area contributed by atoms with E-state index in [1.807, 2.05) is 0 Å². The Morgan fingerprint density at radius 2 is 1.96 bits per heavy atom. The van der Waals surface area contributed by atoms with Crippen molar-refractivity contribution in [3.63, 3.8) is 0 Å². The van der Waals surface area contributed by atoms with E-state index in [0.29, 0.717) is 5.56 Å². The summed E-state index contributed by atoms with van der Waals surface area (Å²) in [7, 11) is 2.37. The fourth-order valence-electron chi connectivity index (χ4n) is 3.24. The summed E-state index contributed by atoms with van der Waals surface area (Å²) in [5.41, 5.74) is -1.14. The molecular formula is C16H19NO6. The molecule has 124 valence electrons. The number of carbonyl (C=O) groups excluding carboxylic acids is 3. The molecule has 1 saturated carbocycles. The molecule has 0 radical (unpaired) electrons. The van der Waals surface area contributed by atoms with E-state index in [9.17, 15) is 19.5 Å². The molecule has 0 aliphatic heterocycles. The first kappa shape index (κ1) is 17.1. The van der Waals surface area contributed by atoms with Crippen LogP contribution in [0.2, 0.25) is 0 Å². The first-order chi connectivity index (χ1) is 10.8. The van der Waals surface area contributed by atoms with Gasteiger partial charge in [0.1, 0.15) is 5.92 Å². The summed E-state index contributed by atoms with van der Waals surface area (Å²) < 4.78 is 9.52. The van der Waals surface area contributed by atoms with Crippen LogP contribution in [0, 0.1) is 11.8 Å². The van der Waals surface area contributed by atoms with E-state index in [2.05, 4.69) is 4.98 Å². The van der Waals surface area contributed by atoms with E-state index in [0.717, 1.165) is 0 Å². The summed E-state index contributed by atoms with van der Waals surface area (Å²) >= 11 is 0. The minimum absolute atomic E-state index is 0.330. The normalized spacial score (nSPS) is 30.6. The highest BCUT2D eigenvalue weighted by Gasteiger charge is 2.56. The third-order valence-corrected chi connectivity index (χ3v) is 4.25. The number of ether oxygens (including phenoxy) is 2. The van der Waals surface area contributed by atoms with Gasteiger partial charge in [-0.25, -0.2) is 0 Å². The highest BCUT2D eigenvalue weighted by molar-refractivity contribution is 6.02. The van der Waals surface area contributed by atoms with Crippen molar-refractivity contribution in [1.82, 2.24) is 4.98 Å². The third-order valence-electron chi connectivity index (χ3n) is 4.25. The Bertz CT molecular complexity index is 612. The predicted molar refractivity (Wildman–Crippen MR) is 78.2 cm³/mol. The lowest BCUT2D eigenvalue weighted by Gasteiger charge is -2.43. The first-order valence-electron chi connectivity index (χ1n) is 7.14. The van der Waals surface area contributed by atoms with Gasteiger partial charge in [0.15, 0.2) is 5.78 Å². The Balaban J connectivity index is 2.61. The van der Waals surface area contributed by atoms with Crippen molar-refractivity contribution in [2.75, 3.05) is 14.2 Å². The molecule has 0 unspecified atom stereocenters. The third kappa shape index (κ3) is 3.10. The molecule has 1 aliphatic rings. The molecule has 7 heteroatoms. The van der Waals surface area contributed by atoms with E-state index in [-0.39, 0.29) is 6.42 Å². The molecule has 4 atom stereocenters. The summed E-state index contributed by atoms with van der Waals surface area (Å²) in [6.45, 7) is 1.39. The van der Waals surface area contributed by atoms with Crippen molar-refractivity contribution < 1.29 is 29.0 Å². The van der Waals surface area contributed by atoms with Crippen LogP contribution in [0.25, 0.3) is 0 Å². The molecule has 23 heavy (non-hydrogen) atoms. The summed E-state index contributed by atoms with van der Waals surface area (Å²) in [5, 5.41) is 10.6. The van der Waals surface area contributed by atoms with E-state index in [4.69, 9.17) is 9.47 Å². The molecule has 1 aromatic heterocycles. The lowest BCUT2D eigenvalue weighted by atomic mass is 9.62. The van der Waals surface area contributed by atoms with E-state index in [1.165, 1.54) is 33.5 Å². The van der Waals surface area contributed by atoms with Crippen LogP contribution in [-0.4, -0.2) is 47.6 Å². The van der Waals surface area contributed by atoms with Gasteiger partial charge >= 0.3 is 11.9 Å². The summed E-state index contributed by atoms with van der Waals surface area (Å²) in [4.78, 5) is 40.8. The first-order valence-corrected chi connectivity index (χ1v) is 7.14. The Hall–Kier alpha value is -2.28. The van der Waals surface area contributed by atoms with Crippen LogP contribution in [0.3, 0.4) is 0 Å². The molecule has 1 aromatic rings. The molecule has 1 N–H and O–H groups in total. The number of methoxy groups -OCH3 is 2. The van der Waals surface area contributed by atoms with Gasteiger partial charge in [-0.3, -0.25) is 19.4 Å². The highest BCUT2D eigenvalue weighted by atomic mass is 16.5. The maximum absolute atomic E-state index is 12.4. The van der Waals surface area contributed by atoms with Gasteiger partial charge in [-0.1, -0.05) is 6.07 Å². The van der Waals surface area contributed by atoms with Gasteiger partial charge < -0.3 is 14.6 Å². The number of hydrogen-bond donors (Lipinski definition) is 1. The smallest absolute Gasteiger partial charge is 0.316 e. The number of Topliss-reactive ketones (excluding diaryl/α,β-unsaturated/α-hetero) is 1. The van der Waals surface area contributed by atoms with Crippen LogP contribution >= 0.6 is 0 Å². The maximum atomic E-state index is 12.4. The maximum Gasteiger partial charge on any atom is 0.316 e. The van der Waals surface area contributed by atoms with Gasteiger partial charge in [-0.05, 0) is 18.6 Å². The summed E-state index contributed by atoms with van der Waals surface area (Å²) in [6.07, 6.45) is 2.67. The van der Waals surface area contributed by atoms with Gasteiger partial charge in [0.25, 0.3) is 0 Å². The zero-order valence-electron chi connectivity index (χ0n) is 13.2. The second kappa shape index (κ2) is 6.45. The zero-order valence-corrected chi connectivity index (χ0v) is 13.2.